The number of amides is 1. The lowest BCUT2D eigenvalue weighted by Crippen LogP contribution is -2.43. The van der Waals surface area contributed by atoms with Gasteiger partial charge in [0, 0.05) is 40.9 Å². The van der Waals surface area contributed by atoms with Crippen LogP contribution in [0.1, 0.15) is 33.4 Å². The third-order valence-electron chi connectivity index (χ3n) is 6.34. The fourth-order valence-corrected chi connectivity index (χ4v) is 6.35. The number of nitrogens with one attached hydrogen (secondary N) is 1. The number of nitrogens with zero attached hydrogens (tertiary/aromatic N) is 1. The van der Waals surface area contributed by atoms with Crippen molar-refractivity contribution in [3.63, 3.8) is 0 Å². The molecule has 0 spiro atoms. The van der Waals surface area contributed by atoms with Gasteiger partial charge in [0.15, 0.2) is 0 Å². The van der Waals surface area contributed by atoms with Crippen molar-refractivity contribution in [2.75, 3.05) is 37.8 Å². The molecular formula is C26H27F9N2O3S2. The first-order chi connectivity index (χ1) is 19.6. The van der Waals surface area contributed by atoms with Crippen LogP contribution in [0.3, 0.4) is 0 Å². The van der Waals surface area contributed by atoms with Crippen molar-refractivity contribution >= 4 is 29.4 Å². The van der Waals surface area contributed by atoms with Crippen LogP contribution >= 0.6 is 23.5 Å². The molecule has 2 heterocycles. The number of halogens is 9. The van der Waals surface area contributed by atoms with E-state index < -0.39 is 42.1 Å². The minimum atomic E-state index is -5.06. The zero-order valence-electron chi connectivity index (χ0n) is 21.8. The van der Waals surface area contributed by atoms with E-state index in [2.05, 4.69) is 5.32 Å². The molecule has 0 saturated carbocycles. The largest absolute Gasteiger partial charge is 0.471 e. The molecule has 2 aromatic rings. The summed E-state index contributed by atoms with van der Waals surface area (Å²) in [6.45, 7) is 0.243. The average Bonchev–Trinajstić information content (AvgIpc) is 2.92. The van der Waals surface area contributed by atoms with E-state index in [0.29, 0.717) is 27.7 Å². The topological polar surface area (TPSA) is 72.8 Å². The summed E-state index contributed by atoms with van der Waals surface area (Å²) in [4.78, 5) is 12.7. The van der Waals surface area contributed by atoms with Gasteiger partial charge in [0.1, 0.15) is 0 Å². The van der Waals surface area contributed by atoms with Crippen LogP contribution in [0.2, 0.25) is 0 Å². The van der Waals surface area contributed by atoms with Gasteiger partial charge in [0.05, 0.1) is 24.3 Å². The molecule has 4 rings (SSSR count). The Hall–Kier alpha value is -2.14. The smallest absolute Gasteiger partial charge is 0.396 e. The van der Waals surface area contributed by atoms with Crippen LogP contribution in [-0.4, -0.2) is 65.0 Å². The molecule has 0 fully saturated rings. The van der Waals surface area contributed by atoms with Crippen LogP contribution in [0.5, 0.6) is 0 Å². The van der Waals surface area contributed by atoms with E-state index in [1.54, 1.807) is 0 Å². The van der Waals surface area contributed by atoms with Gasteiger partial charge in [-0.2, -0.15) is 39.5 Å². The summed E-state index contributed by atoms with van der Waals surface area (Å²) in [7, 11) is 0. The number of fused-ring (bicyclic) bond motifs is 2. The molecule has 234 valence electrons. The van der Waals surface area contributed by atoms with E-state index in [-0.39, 0.29) is 42.4 Å². The molecule has 2 aromatic carbocycles. The Balaban J connectivity index is 0.000000240. The maximum Gasteiger partial charge on any atom is 0.471 e. The zero-order valence-corrected chi connectivity index (χ0v) is 23.5. The predicted octanol–water partition coefficient (Wildman–Crippen LogP) is 5.67. The first-order valence-corrected chi connectivity index (χ1v) is 14.5. The number of hydrogen-bond acceptors (Lipinski definition) is 6. The second-order valence-electron chi connectivity index (χ2n) is 9.27. The Bertz CT molecular complexity index is 1250. The molecule has 42 heavy (non-hydrogen) atoms. The number of thioether (sulfide) groups is 2. The summed E-state index contributed by atoms with van der Waals surface area (Å²) < 4.78 is 115. The van der Waals surface area contributed by atoms with Gasteiger partial charge in [0.2, 0.25) is 0 Å². The third kappa shape index (κ3) is 8.94. The van der Waals surface area contributed by atoms with Crippen molar-refractivity contribution in [1.82, 2.24) is 10.2 Å². The van der Waals surface area contributed by atoms with Crippen molar-refractivity contribution in [3.05, 3.63) is 57.6 Å². The van der Waals surface area contributed by atoms with Gasteiger partial charge in [-0.1, -0.05) is 0 Å². The molecule has 0 aliphatic carbocycles. The van der Waals surface area contributed by atoms with Gasteiger partial charge in [-0.15, -0.1) is 23.5 Å². The molecule has 0 unspecified atom stereocenters. The fraction of sp³-hybridized carbons (Fsp3) is 0.500. The van der Waals surface area contributed by atoms with Crippen LogP contribution < -0.4 is 5.32 Å². The van der Waals surface area contributed by atoms with Crippen LogP contribution in [0.15, 0.2) is 34.1 Å². The second kappa shape index (κ2) is 14.1. The molecule has 0 atom stereocenters. The molecule has 16 heteroatoms. The van der Waals surface area contributed by atoms with Crippen LogP contribution in [-0.2, 0) is 43.1 Å². The van der Waals surface area contributed by atoms with Gasteiger partial charge in [0.25, 0.3) is 0 Å². The number of aliphatic hydroxyl groups is 2. The number of hydrogen-bond donors (Lipinski definition) is 3. The molecule has 5 nitrogen and oxygen atoms in total. The first kappa shape index (κ1) is 34.4. The summed E-state index contributed by atoms with van der Waals surface area (Å²) in [6.07, 6.45) is -13.3. The van der Waals surface area contributed by atoms with Crippen molar-refractivity contribution < 1.29 is 54.5 Å². The number of benzene rings is 2. The van der Waals surface area contributed by atoms with Gasteiger partial charge < -0.3 is 20.4 Å². The molecule has 0 bridgehead atoms. The van der Waals surface area contributed by atoms with Crippen molar-refractivity contribution in [2.45, 2.75) is 54.3 Å². The molecule has 2 aliphatic rings. The standard InChI is InChI=1S/C14H13F6NO2S.C12H14F3NOS/c15-13(16,17)9-5-8-7-21(12(23)14(18,19)20)2-1-10(8)11(6-9)24-4-3-22;13-12(14,15)9-5-8-7-16-2-1-10(8)11(6-9)18-4-3-17/h5-6,22H,1-4,7H2;5-6,16-17H,1-4,7H2. The SMILES string of the molecule is O=C(N1CCc2c(cc(C(F)(F)F)cc2SCCO)C1)C(F)(F)F.OCCSc1cc(C(F)(F)F)cc2c1CCNC2. The lowest BCUT2D eigenvalue weighted by Gasteiger charge is -2.31. The van der Waals surface area contributed by atoms with Gasteiger partial charge in [-0.05, 0) is 65.9 Å². The van der Waals surface area contributed by atoms with E-state index in [4.69, 9.17) is 10.2 Å². The van der Waals surface area contributed by atoms with Gasteiger partial charge >= 0.3 is 24.4 Å². The van der Waals surface area contributed by atoms with Gasteiger partial charge in [-0.3, -0.25) is 4.79 Å². The minimum absolute atomic E-state index is 0.0308. The highest BCUT2D eigenvalue weighted by Crippen LogP contribution is 2.39. The zero-order chi connectivity index (χ0) is 31.3. The highest BCUT2D eigenvalue weighted by molar-refractivity contribution is 7.99. The maximum absolute atomic E-state index is 13.0. The summed E-state index contributed by atoms with van der Waals surface area (Å²) in [5.74, 6) is -1.48. The fourth-order valence-electron chi connectivity index (χ4n) is 4.49. The van der Waals surface area contributed by atoms with E-state index in [0.717, 1.165) is 48.0 Å². The van der Waals surface area contributed by atoms with Crippen LogP contribution in [0.25, 0.3) is 0 Å². The number of aliphatic hydroxyl groups excluding tert-OH is 2. The molecule has 0 saturated heterocycles. The Labute approximate surface area is 243 Å². The third-order valence-corrected chi connectivity index (χ3v) is 8.47. The summed E-state index contributed by atoms with van der Waals surface area (Å²) in [5.41, 5.74) is 0.659. The molecule has 1 amide bonds. The number of rotatable bonds is 6. The molecule has 0 radical (unpaired) electrons. The lowest BCUT2D eigenvalue weighted by molar-refractivity contribution is -0.186. The normalized spacial score (nSPS) is 15.5. The average molecular weight is 651 g/mol. The highest BCUT2D eigenvalue weighted by Gasteiger charge is 2.44. The first-order valence-electron chi connectivity index (χ1n) is 12.6. The molecule has 0 aromatic heterocycles. The van der Waals surface area contributed by atoms with Crippen LogP contribution in [0.4, 0.5) is 39.5 Å². The summed E-state index contributed by atoms with van der Waals surface area (Å²) >= 11 is 2.29. The highest BCUT2D eigenvalue weighted by atomic mass is 32.2. The van der Waals surface area contributed by atoms with Gasteiger partial charge in [-0.25, -0.2) is 0 Å². The number of alkyl halides is 9. The number of carbonyl (C=O) groups is 1. The molecular weight excluding hydrogens is 623 g/mol. The second-order valence-corrected chi connectivity index (χ2v) is 11.5. The van der Waals surface area contributed by atoms with Crippen LogP contribution in [0, 0.1) is 0 Å². The van der Waals surface area contributed by atoms with E-state index >= 15 is 0 Å². The molecule has 2 aliphatic heterocycles. The number of carbonyl (C=O) groups excluding carboxylic acids is 1. The lowest BCUT2D eigenvalue weighted by atomic mass is 9.97. The van der Waals surface area contributed by atoms with Crippen molar-refractivity contribution in [1.29, 1.82) is 0 Å². The Morgan fingerprint density at radius 2 is 1.29 bits per heavy atom. The van der Waals surface area contributed by atoms with Crippen molar-refractivity contribution in [3.8, 4) is 0 Å². The Kier molecular flexibility index (Phi) is 11.5. The predicted molar refractivity (Wildman–Crippen MR) is 139 cm³/mol. The summed E-state index contributed by atoms with van der Waals surface area (Å²) in [5, 5.41) is 20.7. The van der Waals surface area contributed by atoms with E-state index in [1.165, 1.54) is 23.9 Å². The van der Waals surface area contributed by atoms with E-state index in [1.807, 2.05) is 0 Å². The monoisotopic (exact) mass is 650 g/mol. The van der Waals surface area contributed by atoms with Crippen molar-refractivity contribution in [2.24, 2.45) is 0 Å². The summed E-state index contributed by atoms with van der Waals surface area (Å²) in [6, 6.07) is 4.14. The minimum Gasteiger partial charge on any atom is -0.396 e. The molecule has 3 N–H and O–H groups in total. The Morgan fingerprint density at radius 1 is 0.786 bits per heavy atom. The Morgan fingerprint density at radius 3 is 1.76 bits per heavy atom. The van der Waals surface area contributed by atoms with E-state index in [9.17, 15) is 44.3 Å². The maximum atomic E-state index is 13.0. The quantitative estimate of drug-likeness (QED) is 0.277.